The lowest BCUT2D eigenvalue weighted by Crippen LogP contribution is -2.48. The van der Waals surface area contributed by atoms with Gasteiger partial charge in [0, 0.05) is 23.2 Å². The van der Waals surface area contributed by atoms with Gasteiger partial charge >= 0.3 is 0 Å². The fraction of sp³-hybridized carbons (Fsp3) is 0.588. The average molecular weight is 361 g/mol. The van der Waals surface area contributed by atoms with Crippen molar-refractivity contribution in [2.24, 2.45) is 0 Å². The number of nitrogens with zero attached hydrogens (tertiary/aromatic N) is 1. The van der Waals surface area contributed by atoms with Gasteiger partial charge in [-0.1, -0.05) is 24.6 Å². The van der Waals surface area contributed by atoms with Crippen LogP contribution < -0.4 is 10.1 Å². The number of hydrogen-bond donors (Lipinski definition) is 1. The number of hydrogen-bond acceptors (Lipinski definition) is 3. The van der Waals surface area contributed by atoms with Crippen LogP contribution in [0.4, 0.5) is 0 Å². The third-order valence-electron chi connectivity index (χ3n) is 4.10. The molecule has 1 amide bonds. The van der Waals surface area contributed by atoms with Crippen LogP contribution in [0, 0.1) is 6.92 Å². The normalized spacial score (nSPS) is 14.9. The summed E-state index contributed by atoms with van der Waals surface area (Å²) in [4.78, 5) is 14.5. The minimum Gasteiger partial charge on any atom is -0.483 e. The topological polar surface area (TPSA) is 41.6 Å². The molecule has 1 aromatic rings. The molecule has 2 rings (SSSR count). The van der Waals surface area contributed by atoms with Crippen LogP contribution in [-0.2, 0) is 4.79 Å². The monoisotopic (exact) mass is 360 g/mol. The van der Waals surface area contributed by atoms with Crippen LogP contribution in [0.1, 0.15) is 31.7 Å². The highest BCUT2D eigenvalue weighted by Crippen LogP contribution is 2.25. The number of benzene rings is 1. The molecule has 1 fully saturated rings. The second-order valence-corrected chi connectivity index (χ2v) is 6.13. The van der Waals surface area contributed by atoms with Crippen LogP contribution in [0.25, 0.3) is 0 Å². The first-order valence-corrected chi connectivity index (χ1v) is 8.39. The summed E-state index contributed by atoms with van der Waals surface area (Å²) in [6.45, 7) is 6.83. The average Bonchev–Trinajstić information content (AvgIpc) is 2.54. The Morgan fingerprint density at radius 1 is 1.39 bits per heavy atom. The van der Waals surface area contributed by atoms with Crippen molar-refractivity contribution < 1.29 is 9.53 Å². The molecule has 23 heavy (non-hydrogen) atoms. The molecule has 1 aliphatic rings. The third-order valence-corrected chi connectivity index (χ3v) is 4.51. The third kappa shape index (κ3) is 5.55. The Morgan fingerprint density at radius 3 is 2.74 bits per heavy atom. The lowest BCUT2D eigenvalue weighted by atomic mass is 10.0. The molecule has 1 aromatic carbocycles. The fourth-order valence-corrected chi connectivity index (χ4v) is 3.00. The summed E-state index contributed by atoms with van der Waals surface area (Å²) in [6.07, 6.45) is 3.00. The number of amides is 1. The molecule has 0 aliphatic carbocycles. The lowest BCUT2D eigenvalue weighted by Gasteiger charge is -2.34. The lowest BCUT2D eigenvalue weighted by molar-refractivity contribution is -0.136. The van der Waals surface area contributed by atoms with Crippen molar-refractivity contribution in [3.8, 4) is 5.75 Å². The quantitative estimate of drug-likeness (QED) is 0.844. The van der Waals surface area contributed by atoms with Gasteiger partial charge in [0.15, 0.2) is 6.61 Å². The number of halogens is 2. The van der Waals surface area contributed by atoms with Gasteiger partial charge < -0.3 is 15.0 Å². The zero-order valence-electron chi connectivity index (χ0n) is 13.8. The largest absolute Gasteiger partial charge is 0.483 e. The maximum Gasteiger partial charge on any atom is 0.260 e. The SMILES string of the molecule is CCCN(C(=O)COc1cccc(Cl)c1C)C1CCNCC1.Cl. The number of carbonyl (C=O) groups is 1. The maximum atomic E-state index is 12.5. The van der Waals surface area contributed by atoms with Gasteiger partial charge in [-0.05, 0) is 51.4 Å². The van der Waals surface area contributed by atoms with E-state index in [9.17, 15) is 4.79 Å². The molecule has 130 valence electrons. The first-order valence-electron chi connectivity index (χ1n) is 8.01. The van der Waals surface area contributed by atoms with Gasteiger partial charge in [-0.3, -0.25) is 4.79 Å². The summed E-state index contributed by atoms with van der Waals surface area (Å²) < 4.78 is 5.71. The van der Waals surface area contributed by atoms with Gasteiger partial charge in [-0.15, -0.1) is 12.4 Å². The molecule has 0 unspecified atom stereocenters. The van der Waals surface area contributed by atoms with E-state index in [0.717, 1.165) is 44.5 Å². The Hall–Kier alpha value is -0.970. The number of piperidine rings is 1. The van der Waals surface area contributed by atoms with E-state index >= 15 is 0 Å². The van der Waals surface area contributed by atoms with Gasteiger partial charge in [0.1, 0.15) is 5.75 Å². The van der Waals surface area contributed by atoms with E-state index < -0.39 is 0 Å². The Kier molecular flexibility index (Phi) is 8.74. The van der Waals surface area contributed by atoms with Crippen molar-refractivity contribution >= 4 is 29.9 Å². The summed E-state index contributed by atoms with van der Waals surface area (Å²) in [6, 6.07) is 5.84. The smallest absolute Gasteiger partial charge is 0.260 e. The Morgan fingerprint density at radius 2 is 2.09 bits per heavy atom. The molecule has 0 saturated carbocycles. The zero-order chi connectivity index (χ0) is 15.9. The van der Waals surface area contributed by atoms with Crippen LogP contribution in [0.15, 0.2) is 18.2 Å². The van der Waals surface area contributed by atoms with Gasteiger partial charge in [0.25, 0.3) is 5.91 Å². The fourth-order valence-electron chi connectivity index (χ4n) is 2.84. The molecule has 6 heteroatoms. The van der Waals surface area contributed by atoms with Gasteiger partial charge in [-0.2, -0.15) is 0 Å². The van der Waals surface area contributed by atoms with E-state index in [-0.39, 0.29) is 24.9 Å². The number of carbonyl (C=O) groups excluding carboxylic acids is 1. The molecule has 0 atom stereocenters. The maximum absolute atomic E-state index is 12.5. The second kappa shape index (κ2) is 10.0. The van der Waals surface area contributed by atoms with Crippen molar-refractivity contribution in [2.75, 3.05) is 26.2 Å². The van der Waals surface area contributed by atoms with E-state index in [1.807, 2.05) is 30.0 Å². The molecule has 0 radical (unpaired) electrons. The van der Waals surface area contributed by atoms with Crippen LogP contribution in [0.2, 0.25) is 5.02 Å². The first kappa shape index (κ1) is 20.1. The summed E-state index contributed by atoms with van der Waals surface area (Å²) in [5.74, 6) is 0.746. The van der Waals surface area contributed by atoms with Crippen LogP contribution in [-0.4, -0.2) is 43.1 Å². The zero-order valence-corrected chi connectivity index (χ0v) is 15.4. The molecular weight excluding hydrogens is 335 g/mol. The predicted octanol–water partition coefficient (Wildman–Crippen LogP) is 3.44. The van der Waals surface area contributed by atoms with E-state index in [0.29, 0.717) is 16.8 Å². The number of ether oxygens (including phenoxy) is 1. The minimum absolute atomic E-state index is 0. The molecule has 0 spiro atoms. The van der Waals surface area contributed by atoms with Gasteiger partial charge in [-0.25, -0.2) is 0 Å². The predicted molar refractivity (Wildman–Crippen MR) is 96.8 cm³/mol. The van der Waals surface area contributed by atoms with Crippen LogP contribution in [0.5, 0.6) is 5.75 Å². The van der Waals surface area contributed by atoms with Gasteiger partial charge in [0.2, 0.25) is 0 Å². The standard InChI is InChI=1S/C17H25ClN2O2.ClH/c1-3-11-20(14-7-9-19-10-8-14)17(21)12-22-16-6-4-5-15(18)13(16)2;/h4-6,14,19H,3,7-12H2,1-2H3;1H. The Bertz CT molecular complexity index is 505. The first-order chi connectivity index (χ1) is 10.6. The van der Waals surface area contributed by atoms with Crippen LogP contribution in [0.3, 0.4) is 0 Å². The number of rotatable bonds is 6. The van der Waals surface area contributed by atoms with E-state index in [4.69, 9.17) is 16.3 Å². The summed E-state index contributed by atoms with van der Waals surface area (Å²) in [7, 11) is 0. The highest BCUT2D eigenvalue weighted by atomic mass is 35.5. The molecular formula is C17H26Cl2N2O2. The summed E-state index contributed by atoms with van der Waals surface area (Å²) in [5.41, 5.74) is 0.876. The van der Waals surface area contributed by atoms with E-state index in [1.54, 1.807) is 0 Å². The van der Waals surface area contributed by atoms with Crippen molar-refractivity contribution in [3.05, 3.63) is 28.8 Å². The van der Waals surface area contributed by atoms with Crippen LogP contribution >= 0.6 is 24.0 Å². The van der Waals surface area contributed by atoms with Crippen molar-refractivity contribution in [1.82, 2.24) is 10.2 Å². The minimum atomic E-state index is 0. The van der Waals surface area contributed by atoms with Gasteiger partial charge in [0.05, 0.1) is 0 Å². The van der Waals surface area contributed by atoms with Crippen molar-refractivity contribution in [1.29, 1.82) is 0 Å². The van der Waals surface area contributed by atoms with E-state index in [1.165, 1.54) is 0 Å². The molecule has 4 nitrogen and oxygen atoms in total. The molecule has 1 heterocycles. The van der Waals surface area contributed by atoms with Crippen molar-refractivity contribution in [3.63, 3.8) is 0 Å². The Balaban J connectivity index is 0.00000264. The molecule has 1 N–H and O–H groups in total. The molecule has 1 saturated heterocycles. The van der Waals surface area contributed by atoms with Crippen molar-refractivity contribution in [2.45, 2.75) is 39.2 Å². The summed E-state index contributed by atoms with van der Waals surface area (Å²) >= 11 is 6.08. The molecule has 0 bridgehead atoms. The highest BCUT2D eigenvalue weighted by molar-refractivity contribution is 6.31. The highest BCUT2D eigenvalue weighted by Gasteiger charge is 2.24. The summed E-state index contributed by atoms with van der Waals surface area (Å²) in [5, 5.41) is 4.00. The second-order valence-electron chi connectivity index (χ2n) is 5.72. The van der Waals surface area contributed by atoms with E-state index in [2.05, 4.69) is 12.2 Å². The number of nitrogens with one attached hydrogen (secondary N) is 1. The Labute approximate surface area is 149 Å². The molecule has 1 aliphatic heterocycles. The molecule has 0 aromatic heterocycles.